The number of alkyl halides is 3. The van der Waals surface area contributed by atoms with E-state index in [0.29, 0.717) is 5.69 Å². The number of halogens is 4. The van der Waals surface area contributed by atoms with E-state index in [4.69, 9.17) is 0 Å². The minimum absolute atomic E-state index is 0. The van der Waals surface area contributed by atoms with E-state index in [2.05, 4.69) is 20.5 Å². The average molecular weight is 513 g/mol. The Morgan fingerprint density at radius 3 is 2.56 bits per heavy atom. The number of thiazole rings is 1. The molecular weight excluding hydrogens is 485 g/mol. The quantitative estimate of drug-likeness (QED) is 0.405. The number of benzene rings is 2. The highest BCUT2D eigenvalue weighted by molar-refractivity contribution is 7.18. The SMILES string of the molecule is Cc1nc2cc(NC(=O)c3ccc(C(F)(F)F)cc3N[C@H]3CCCC[C@@H]3N(C)C)ccc2s1.Cl. The summed E-state index contributed by atoms with van der Waals surface area (Å²) in [6, 6.07) is 8.82. The number of amides is 1. The van der Waals surface area contributed by atoms with Gasteiger partial charge in [0.15, 0.2) is 0 Å². The molecule has 34 heavy (non-hydrogen) atoms. The van der Waals surface area contributed by atoms with Crippen LogP contribution in [-0.4, -0.2) is 42.0 Å². The van der Waals surface area contributed by atoms with Crippen molar-refractivity contribution in [2.75, 3.05) is 24.7 Å². The Hall–Kier alpha value is -2.36. The largest absolute Gasteiger partial charge is 0.416 e. The predicted octanol–water partition coefficient (Wildman–Crippen LogP) is 6.58. The maximum atomic E-state index is 13.4. The molecule has 0 radical (unpaired) electrons. The smallest absolute Gasteiger partial charge is 0.380 e. The second-order valence-corrected chi connectivity index (χ2v) is 9.93. The van der Waals surface area contributed by atoms with Crippen molar-refractivity contribution in [2.24, 2.45) is 0 Å². The number of hydrogen-bond donors (Lipinski definition) is 2. The molecule has 1 heterocycles. The number of carbonyl (C=O) groups excluding carboxylic acids is 1. The summed E-state index contributed by atoms with van der Waals surface area (Å²) in [6.07, 6.45) is -0.629. The number of aryl methyl sites for hydroxylation is 1. The van der Waals surface area contributed by atoms with E-state index < -0.39 is 17.6 Å². The van der Waals surface area contributed by atoms with Crippen LogP contribution >= 0.6 is 23.7 Å². The summed E-state index contributed by atoms with van der Waals surface area (Å²) in [6.45, 7) is 1.91. The lowest BCUT2D eigenvalue weighted by molar-refractivity contribution is -0.137. The molecule has 0 bridgehead atoms. The fourth-order valence-corrected chi connectivity index (χ4v) is 5.26. The molecular formula is C24H28ClF3N4OS. The third-order valence-electron chi connectivity index (χ3n) is 6.08. The van der Waals surface area contributed by atoms with E-state index in [0.717, 1.165) is 53.0 Å². The minimum atomic E-state index is -4.49. The maximum absolute atomic E-state index is 13.4. The van der Waals surface area contributed by atoms with E-state index in [9.17, 15) is 18.0 Å². The summed E-state index contributed by atoms with van der Waals surface area (Å²) in [5, 5.41) is 7.03. The van der Waals surface area contributed by atoms with Crippen LogP contribution in [0.4, 0.5) is 24.5 Å². The molecule has 2 atom stereocenters. The number of anilines is 2. The van der Waals surface area contributed by atoms with Gasteiger partial charge in [-0.1, -0.05) is 12.8 Å². The van der Waals surface area contributed by atoms with Crippen LogP contribution in [0.2, 0.25) is 0 Å². The molecule has 2 N–H and O–H groups in total. The summed E-state index contributed by atoms with van der Waals surface area (Å²) >= 11 is 1.56. The van der Waals surface area contributed by atoms with Crippen molar-refractivity contribution in [3.63, 3.8) is 0 Å². The second kappa shape index (κ2) is 10.5. The van der Waals surface area contributed by atoms with Crippen LogP contribution in [0.5, 0.6) is 0 Å². The van der Waals surface area contributed by atoms with Gasteiger partial charge in [-0.3, -0.25) is 4.79 Å². The molecule has 10 heteroatoms. The number of nitrogens with zero attached hydrogens (tertiary/aromatic N) is 2. The second-order valence-electron chi connectivity index (χ2n) is 8.69. The van der Waals surface area contributed by atoms with Crippen LogP contribution in [0.25, 0.3) is 10.2 Å². The maximum Gasteiger partial charge on any atom is 0.416 e. The molecule has 1 amide bonds. The molecule has 1 aliphatic carbocycles. The first-order valence-corrected chi connectivity index (χ1v) is 11.8. The van der Waals surface area contributed by atoms with Gasteiger partial charge in [0, 0.05) is 23.5 Å². The zero-order chi connectivity index (χ0) is 23.8. The highest BCUT2D eigenvalue weighted by Crippen LogP contribution is 2.34. The Morgan fingerprint density at radius 1 is 1.12 bits per heavy atom. The molecule has 4 rings (SSSR count). The number of hydrogen-bond acceptors (Lipinski definition) is 5. The number of fused-ring (bicyclic) bond motifs is 1. The van der Waals surface area contributed by atoms with Gasteiger partial charge >= 0.3 is 6.18 Å². The fraction of sp³-hybridized carbons (Fsp3) is 0.417. The van der Waals surface area contributed by atoms with E-state index in [1.54, 1.807) is 23.5 Å². The van der Waals surface area contributed by atoms with Crippen LogP contribution in [-0.2, 0) is 6.18 Å². The molecule has 3 aromatic rings. The van der Waals surface area contributed by atoms with Crippen molar-refractivity contribution >= 4 is 51.2 Å². The standard InChI is InChI=1S/C24H27F3N4OS.ClH/c1-14-28-20-13-16(9-11-22(20)33-14)29-23(32)17-10-8-15(24(25,26)27)12-19(17)30-18-6-4-5-7-21(18)31(2)3;/h8-13,18,21,30H,4-7H2,1-3H3,(H,29,32);1H/t18-,21-;/m0./s1. The lowest BCUT2D eigenvalue weighted by Gasteiger charge is -2.37. The first kappa shape index (κ1) is 26.2. The normalized spacial score (nSPS) is 18.6. The fourth-order valence-electron chi connectivity index (χ4n) is 4.45. The highest BCUT2D eigenvalue weighted by atomic mass is 35.5. The van der Waals surface area contributed by atoms with Gasteiger partial charge in [-0.15, -0.1) is 23.7 Å². The molecule has 184 valence electrons. The molecule has 0 saturated heterocycles. The zero-order valence-corrected chi connectivity index (χ0v) is 20.8. The van der Waals surface area contributed by atoms with E-state index in [-0.39, 0.29) is 35.7 Å². The molecule has 1 saturated carbocycles. The Bertz CT molecular complexity index is 1160. The van der Waals surface area contributed by atoms with E-state index >= 15 is 0 Å². The lowest BCUT2D eigenvalue weighted by atomic mass is 9.89. The van der Waals surface area contributed by atoms with Gasteiger partial charge in [0.05, 0.1) is 26.4 Å². The van der Waals surface area contributed by atoms with E-state index in [1.165, 1.54) is 6.07 Å². The Labute approximate surface area is 207 Å². The van der Waals surface area contributed by atoms with Crippen LogP contribution in [0, 0.1) is 6.92 Å². The first-order chi connectivity index (χ1) is 15.6. The molecule has 1 fully saturated rings. The summed E-state index contributed by atoms with van der Waals surface area (Å²) in [7, 11) is 3.95. The number of carbonyl (C=O) groups is 1. The van der Waals surface area contributed by atoms with Crippen molar-refractivity contribution in [3.05, 3.63) is 52.5 Å². The topological polar surface area (TPSA) is 57.3 Å². The van der Waals surface area contributed by atoms with Crippen molar-refractivity contribution in [2.45, 2.75) is 50.9 Å². The molecule has 1 aromatic heterocycles. The summed E-state index contributed by atoms with van der Waals surface area (Å²) in [4.78, 5) is 19.7. The molecule has 0 spiro atoms. The van der Waals surface area contributed by atoms with Gasteiger partial charge in [0.2, 0.25) is 0 Å². The predicted molar refractivity (Wildman–Crippen MR) is 134 cm³/mol. The Balaban J connectivity index is 0.00000324. The summed E-state index contributed by atoms with van der Waals surface area (Å²) in [5.41, 5.74) is 0.926. The average Bonchev–Trinajstić information content (AvgIpc) is 3.12. The minimum Gasteiger partial charge on any atom is -0.380 e. The molecule has 5 nitrogen and oxygen atoms in total. The van der Waals surface area contributed by atoms with Crippen molar-refractivity contribution in [1.29, 1.82) is 0 Å². The van der Waals surface area contributed by atoms with E-state index in [1.807, 2.05) is 27.1 Å². The highest BCUT2D eigenvalue weighted by Gasteiger charge is 2.33. The summed E-state index contributed by atoms with van der Waals surface area (Å²) < 4.78 is 41.3. The van der Waals surface area contributed by atoms with Crippen molar-refractivity contribution in [1.82, 2.24) is 9.88 Å². The molecule has 0 unspecified atom stereocenters. The van der Waals surface area contributed by atoms with Gasteiger partial charge in [-0.2, -0.15) is 13.2 Å². The molecule has 2 aromatic carbocycles. The van der Waals surface area contributed by atoms with Gasteiger partial charge < -0.3 is 15.5 Å². The number of nitrogens with one attached hydrogen (secondary N) is 2. The van der Waals surface area contributed by atoms with Gasteiger partial charge in [0.25, 0.3) is 5.91 Å². The monoisotopic (exact) mass is 512 g/mol. The third-order valence-corrected chi connectivity index (χ3v) is 7.03. The first-order valence-electron chi connectivity index (χ1n) is 10.9. The van der Waals surface area contributed by atoms with Crippen LogP contribution in [0.15, 0.2) is 36.4 Å². The third kappa shape index (κ3) is 5.82. The van der Waals surface area contributed by atoms with Crippen LogP contribution < -0.4 is 10.6 Å². The molecule has 1 aliphatic rings. The van der Waals surface area contributed by atoms with Gasteiger partial charge in [0.1, 0.15) is 0 Å². The molecule has 0 aliphatic heterocycles. The Morgan fingerprint density at radius 2 is 1.85 bits per heavy atom. The number of aromatic nitrogens is 1. The van der Waals surface area contributed by atoms with Gasteiger partial charge in [-0.05, 0) is 70.3 Å². The zero-order valence-electron chi connectivity index (χ0n) is 19.2. The summed E-state index contributed by atoms with van der Waals surface area (Å²) in [5.74, 6) is -0.463. The lowest BCUT2D eigenvalue weighted by Crippen LogP contribution is -2.45. The van der Waals surface area contributed by atoms with Crippen molar-refractivity contribution < 1.29 is 18.0 Å². The van der Waals surface area contributed by atoms with Gasteiger partial charge in [-0.25, -0.2) is 4.98 Å². The number of rotatable bonds is 5. The van der Waals surface area contributed by atoms with Crippen LogP contribution in [0.3, 0.4) is 0 Å². The van der Waals surface area contributed by atoms with Crippen molar-refractivity contribution in [3.8, 4) is 0 Å². The number of likely N-dealkylation sites (N-methyl/N-ethyl adjacent to an activating group) is 1. The van der Waals surface area contributed by atoms with Crippen LogP contribution in [0.1, 0.15) is 46.6 Å². The Kier molecular flexibility index (Phi) is 8.10.